The van der Waals surface area contributed by atoms with Crippen LogP contribution in [0.4, 0.5) is 0 Å². The zero-order valence-electron chi connectivity index (χ0n) is 30.2. The third-order valence-corrected chi connectivity index (χ3v) is 10.7. The van der Waals surface area contributed by atoms with Crippen LogP contribution in [0.15, 0.2) is 199 Å². The second-order valence-corrected chi connectivity index (χ2v) is 14.0. The highest BCUT2D eigenvalue weighted by Crippen LogP contribution is 2.41. The highest BCUT2D eigenvalue weighted by molar-refractivity contribution is 6.18. The molecule has 0 aliphatic carbocycles. The molecule has 56 heavy (non-hydrogen) atoms. The number of hydrogen-bond donors (Lipinski definition) is 0. The van der Waals surface area contributed by atoms with Crippen molar-refractivity contribution in [3.63, 3.8) is 0 Å². The highest BCUT2D eigenvalue weighted by atomic mass is 16.3. The van der Waals surface area contributed by atoms with E-state index in [4.69, 9.17) is 19.4 Å². The molecular weight excluding hydrogens is 685 g/mol. The minimum Gasteiger partial charge on any atom is -0.455 e. The van der Waals surface area contributed by atoms with Gasteiger partial charge in [0.1, 0.15) is 11.2 Å². The maximum atomic E-state index is 6.83. The molecule has 3 heterocycles. The molecule has 0 radical (unpaired) electrons. The van der Waals surface area contributed by atoms with Crippen LogP contribution in [0.25, 0.3) is 106 Å². The number of aromatic nitrogens is 4. The lowest BCUT2D eigenvalue weighted by Gasteiger charge is -2.10. The van der Waals surface area contributed by atoms with Crippen LogP contribution in [-0.2, 0) is 0 Å². The number of benzene rings is 8. The zero-order chi connectivity index (χ0) is 37.0. The van der Waals surface area contributed by atoms with E-state index >= 15 is 0 Å². The summed E-state index contributed by atoms with van der Waals surface area (Å²) >= 11 is 0. The number of rotatable bonds is 6. The minimum atomic E-state index is 0.557. The van der Waals surface area contributed by atoms with Gasteiger partial charge in [0.15, 0.2) is 17.5 Å². The number of nitrogens with zero attached hydrogens (tertiary/aromatic N) is 4. The first-order valence-electron chi connectivity index (χ1n) is 18.8. The van der Waals surface area contributed by atoms with Crippen molar-refractivity contribution in [1.29, 1.82) is 0 Å². The summed E-state index contributed by atoms with van der Waals surface area (Å²) in [6.45, 7) is 0. The summed E-state index contributed by atoms with van der Waals surface area (Å²) < 4.78 is 9.19. The van der Waals surface area contributed by atoms with E-state index in [9.17, 15) is 0 Å². The van der Waals surface area contributed by atoms with E-state index in [1.54, 1.807) is 0 Å². The van der Waals surface area contributed by atoms with Crippen LogP contribution in [0.1, 0.15) is 0 Å². The highest BCUT2D eigenvalue weighted by Gasteiger charge is 2.20. The predicted molar refractivity (Wildman–Crippen MR) is 229 cm³/mol. The van der Waals surface area contributed by atoms with Gasteiger partial charge in [-0.1, -0.05) is 152 Å². The fraction of sp³-hybridized carbons (Fsp3) is 0. The summed E-state index contributed by atoms with van der Waals surface area (Å²) in [4.78, 5) is 15.2. The molecule has 11 aromatic rings. The first kappa shape index (κ1) is 31.9. The molecule has 0 amide bonds. The second-order valence-electron chi connectivity index (χ2n) is 14.0. The van der Waals surface area contributed by atoms with Crippen LogP contribution in [0.3, 0.4) is 0 Å². The molecule has 0 N–H and O–H groups in total. The van der Waals surface area contributed by atoms with Crippen molar-refractivity contribution in [2.24, 2.45) is 0 Å². The Kier molecular flexibility index (Phi) is 7.42. The topological polar surface area (TPSA) is 56.7 Å². The number of para-hydroxylation sites is 2. The Morgan fingerprint density at radius 1 is 0.339 bits per heavy atom. The first-order valence-corrected chi connectivity index (χ1v) is 18.8. The van der Waals surface area contributed by atoms with Gasteiger partial charge in [-0.05, 0) is 64.7 Å². The largest absolute Gasteiger partial charge is 0.455 e. The molecule has 0 spiro atoms. The molecule has 3 aromatic heterocycles. The molecule has 11 rings (SSSR count). The van der Waals surface area contributed by atoms with E-state index in [1.807, 2.05) is 42.5 Å². The van der Waals surface area contributed by atoms with Gasteiger partial charge in [0.05, 0.1) is 16.6 Å². The van der Waals surface area contributed by atoms with Crippen molar-refractivity contribution < 1.29 is 4.42 Å². The van der Waals surface area contributed by atoms with Crippen molar-refractivity contribution in [2.45, 2.75) is 0 Å². The first-order chi connectivity index (χ1) is 27.7. The lowest BCUT2D eigenvalue weighted by Crippen LogP contribution is -2.00. The number of hydrogen-bond acceptors (Lipinski definition) is 4. The van der Waals surface area contributed by atoms with Gasteiger partial charge >= 0.3 is 0 Å². The van der Waals surface area contributed by atoms with Gasteiger partial charge in [-0.3, -0.25) is 0 Å². The summed E-state index contributed by atoms with van der Waals surface area (Å²) in [7, 11) is 0. The van der Waals surface area contributed by atoms with Gasteiger partial charge < -0.3 is 8.98 Å². The Morgan fingerprint density at radius 2 is 0.893 bits per heavy atom. The zero-order valence-corrected chi connectivity index (χ0v) is 30.2. The summed E-state index contributed by atoms with van der Waals surface area (Å²) in [6, 6.07) is 67.4. The molecule has 0 aliphatic heterocycles. The fourth-order valence-corrected chi connectivity index (χ4v) is 7.96. The molecule has 262 valence electrons. The third kappa shape index (κ3) is 5.37. The second kappa shape index (κ2) is 13.0. The Hall–Kier alpha value is -7.63. The maximum Gasteiger partial charge on any atom is 0.167 e. The molecule has 0 atom stereocenters. The van der Waals surface area contributed by atoms with Gasteiger partial charge in [0.2, 0.25) is 0 Å². The fourth-order valence-electron chi connectivity index (χ4n) is 7.96. The average molecular weight is 717 g/mol. The van der Waals surface area contributed by atoms with E-state index in [1.165, 1.54) is 16.5 Å². The number of furan rings is 1. The quantitative estimate of drug-likeness (QED) is 0.172. The summed E-state index contributed by atoms with van der Waals surface area (Å²) in [5.41, 5.74) is 12.2. The lowest BCUT2D eigenvalue weighted by molar-refractivity contribution is 0.670. The molecule has 5 nitrogen and oxygen atoms in total. The maximum absolute atomic E-state index is 6.83. The van der Waals surface area contributed by atoms with Crippen LogP contribution in [0, 0.1) is 0 Å². The summed E-state index contributed by atoms with van der Waals surface area (Å²) in [6.07, 6.45) is 0. The summed E-state index contributed by atoms with van der Waals surface area (Å²) in [5.74, 6) is 1.76. The predicted octanol–water partition coefficient (Wildman–Crippen LogP) is 13.2. The van der Waals surface area contributed by atoms with Crippen molar-refractivity contribution in [2.75, 3.05) is 0 Å². The molecule has 0 unspecified atom stereocenters. The van der Waals surface area contributed by atoms with Crippen LogP contribution < -0.4 is 0 Å². The molecule has 0 fully saturated rings. The third-order valence-electron chi connectivity index (χ3n) is 10.7. The smallest absolute Gasteiger partial charge is 0.167 e. The molecule has 5 heteroatoms. The molecule has 0 bridgehead atoms. The van der Waals surface area contributed by atoms with Crippen LogP contribution in [0.5, 0.6) is 0 Å². The molecular formula is C51H32N4O. The van der Waals surface area contributed by atoms with E-state index in [2.05, 4.69) is 156 Å². The molecule has 0 saturated heterocycles. The van der Waals surface area contributed by atoms with Crippen molar-refractivity contribution >= 4 is 43.7 Å². The van der Waals surface area contributed by atoms with Gasteiger partial charge in [-0.15, -0.1) is 0 Å². The van der Waals surface area contributed by atoms with Crippen molar-refractivity contribution in [1.82, 2.24) is 19.5 Å². The lowest BCUT2D eigenvalue weighted by atomic mass is 10.0. The van der Waals surface area contributed by atoms with Gasteiger partial charge in [0, 0.05) is 38.4 Å². The molecule has 0 saturated carbocycles. The van der Waals surface area contributed by atoms with E-state index in [0.717, 1.165) is 71.9 Å². The average Bonchev–Trinajstić information content (AvgIpc) is 3.81. The van der Waals surface area contributed by atoms with E-state index < -0.39 is 0 Å². The minimum absolute atomic E-state index is 0.557. The van der Waals surface area contributed by atoms with E-state index in [-0.39, 0.29) is 0 Å². The normalized spacial score (nSPS) is 11.6. The Labute approximate surface area is 322 Å². The molecule has 0 aliphatic rings. The summed E-state index contributed by atoms with van der Waals surface area (Å²) in [5, 5.41) is 4.34. The standard InChI is InChI=1S/C51H32N4O/c1-4-14-33(15-5-1)35-26-28-39(29-27-35)55-45-25-11-10-22-40(45)43-32-47-44(31-46(43)55)41-23-13-24-42(48(41)56-47)51-53-49(36-18-8-3-9-19-36)52-50(54-51)38-21-12-20-37(30-38)34-16-6-2-7-17-34/h1-32H. The van der Waals surface area contributed by atoms with Crippen molar-refractivity contribution in [3.05, 3.63) is 194 Å². The Balaban J connectivity index is 1.09. The van der Waals surface area contributed by atoms with Crippen molar-refractivity contribution in [3.8, 4) is 62.1 Å². The molecule has 8 aromatic carbocycles. The SMILES string of the molecule is c1ccc(-c2ccc(-n3c4ccccc4c4cc5oc6c(-c7nc(-c8ccccc8)nc(-c8cccc(-c9ccccc9)c8)n7)cccc6c5cc43)cc2)cc1. The van der Waals surface area contributed by atoms with E-state index in [0.29, 0.717) is 17.5 Å². The van der Waals surface area contributed by atoms with Crippen LogP contribution >= 0.6 is 0 Å². The monoisotopic (exact) mass is 716 g/mol. The van der Waals surface area contributed by atoms with Crippen LogP contribution in [-0.4, -0.2) is 19.5 Å². The van der Waals surface area contributed by atoms with Gasteiger partial charge in [-0.2, -0.15) is 0 Å². The Morgan fingerprint density at radius 3 is 1.64 bits per heavy atom. The van der Waals surface area contributed by atoms with Crippen LogP contribution in [0.2, 0.25) is 0 Å². The van der Waals surface area contributed by atoms with Gasteiger partial charge in [0.25, 0.3) is 0 Å². The Bertz CT molecular complexity index is 3220. The number of fused-ring (bicyclic) bond motifs is 6. The van der Waals surface area contributed by atoms with Gasteiger partial charge in [-0.25, -0.2) is 15.0 Å².